The van der Waals surface area contributed by atoms with Crippen molar-refractivity contribution in [3.63, 3.8) is 0 Å². The van der Waals surface area contributed by atoms with Crippen LogP contribution >= 0.6 is 0 Å². The van der Waals surface area contributed by atoms with Gasteiger partial charge in [-0.25, -0.2) is 0 Å². The van der Waals surface area contributed by atoms with E-state index < -0.39 is 0 Å². The normalized spacial score (nSPS) is 0. The Labute approximate surface area is 192 Å². The second kappa shape index (κ2) is 65.8. The zero-order valence-corrected chi connectivity index (χ0v) is 20.5. The molecular formula is Ga2S5Sr2. The summed E-state index contributed by atoms with van der Waals surface area (Å²) >= 11 is 0. The Morgan fingerprint density at radius 3 is 0.333 bits per heavy atom. The first-order valence-electron chi connectivity index (χ1n) is 0. The van der Waals surface area contributed by atoms with E-state index >= 15 is 0 Å². The van der Waals surface area contributed by atoms with Gasteiger partial charge in [0.1, 0.15) is 0 Å². The minimum atomic E-state index is 0. The minimum absolute atomic E-state index is 0. The fraction of sp³-hybridized carbons (Fsp3) is 0. The van der Waals surface area contributed by atoms with Crippen LogP contribution in [0.25, 0.3) is 0 Å². The average molecular weight is 475 g/mol. The van der Waals surface area contributed by atoms with Gasteiger partial charge in [0.05, 0.1) is 0 Å². The summed E-state index contributed by atoms with van der Waals surface area (Å²) in [5.41, 5.74) is 0. The largest absolute Gasteiger partial charge is 3.00 e. The monoisotopic (exact) mass is 474 g/mol. The number of hydrogen-bond acceptors (Lipinski definition) is 0. The van der Waals surface area contributed by atoms with E-state index in [1.807, 2.05) is 0 Å². The van der Waals surface area contributed by atoms with Crippen LogP contribution in [0.3, 0.4) is 0 Å². The molecule has 0 nitrogen and oxygen atoms in total. The van der Waals surface area contributed by atoms with Gasteiger partial charge < -0.3 is 67.5 Å². The van der Waals surface area contributed by atoms with Crippen LogP contribution in [0.2, 0.25) is 0 Å². The van der Waals surface area contributed by atoms with Crippen molar-refractivity contribution in [3.8, 4) is 0 Å². The molecule has 0 atom stereocenters. The fourth-order valence-electron chi connectivity index (χ4n) is 0. The van der Waals surface area contributed by atoms with Crippen LogP contribution < -0.4 is 0 Å². The maximum atomic E-state index is 0. The first kappa shape index (κ1) is 81.8. The maximum Gasteiger partial charge on any atom is 3.00 e. The Morgan fingerprint density at radius 1 is 0.333 bits per heavy atom. The molecule has 0 spiro atoms. The molecule has 9 heavy (non-hydrogen) atoms. The van der Waals surface area contributed by atoms with Crippen LogP contribution in [0.15, 0.2) is 0 Å². The van der Waals surface area contributed by atoms with Crippen molar-refractivity contribution in [2.24, 2.45) is 0 Å². The summed E-state index contributed by atoms with van der Waals surface area (Å²) in [5, 5.41) is 0. The summed E-state index contributed by atoms with van der Waals surface area (Å²) in [5.74, 6) is 0. The van der Waals surface area contributed by atoms with Gasteiger partial charge >= 0.3 is 131 Å². The molecule has 0 aromatic rings. The predicted octanol–water partition coefficient (Wildman–Crippen LogP) is -1.54. The molecule has 0 heterocycles. The Balaban J connectivity index is 0. The maximum absolute atomic E-state index is 0. The molecule has 0 unspecified atom stereocenters. The molecule has 0 aliphatic carbocycles. The molecule has 40 valence electrons. The molecule has 0 aromatic carbocycles. The second-order valence-corrected chi connectivity index (χ2v) is 0. The van der Waals surface area contributed by atoms with E-state index in [-0.39, 0.29) is 198 Å². The molecule has 0 radical (unpaired) electrons. The summed E-state index contributed by atoms with van der Waals surface area (Å²) in [7, 11) is 0. The van der Waals surface area contributed by atoms with Crippen molar-refractivity contribution in [1.82, 2.24) is 0 Å². The first-order valence-corrected chi connectivity index (χ1v) is 0. The molecule has 0 amide bonds. The van der Waals surface area contributed by atoms with Gasteiger partial charge in [0.15, 0.2) is 0 Å². The molecule has 0 rings (SSSR count). The Kier molecular flexibility index (Phi) is 599. The molecule has 0 fully saturated rings. The summed E-state index contributed by atoms with van der Waals surface area (Å²) < 4.78 is 0. The van der Waals surface area contributed by atoms with Gasteiger partial charge in [-0.1, -0.05) is 0 Å². The molecule has 0 saturated carbocycles. The van der Waals surface area contributed by atoms with Crippen LogP contribution in [-0.4, -0.2) is 131 Å². The van der Waals surface area contributed by atoms with Gasteiger partial charge in [-0.3, -0.25) is 0 Å². The van der Waals surface area contributed by atoms with Crippen LogP contribution in [0.4, 0.5) is 0 Å². The molecule has 9 heteroatoms. The standard InChI is InChI=1S/2Ga.5S.2Sr/q2*+3;5*-2;2*+2. The van der Waals surface area contributed by atoms with Crippen molar-refractivity contribution in [2.75, 3.05) is 0 Å². The van der Waals surface area contributed by atoms with E-state index in [9.17, 15) is 0 Å². The molecule has 0 bridgehead atoms. The van der Waals surface area contributed by atoms with Crippen LogP contribution in [0, 0.1) is 0 Å². The van der Waals surface area contributed by atoms with E-state index in [4.69, 9.17) is 0 Å². The quantitative estimate of drug-likeness (QED) is 0.374. The van der Waals surface area contributed by atoms with E-state index in [0.29, 0.717) is 0 Å². The third-order valence-corrected chi connectivity index (χ3v) is 0. The van der Waals surface area contributed by atoms with Gasteiger partial charge in [0.25, 0.3) is 0 Å². The molecule has 0 saturated heterocycles. The molecule has 0 aromatic heterocycles. The summed E-state index contributed by atoms with van der Waals surface area (Å²) in [6.07, 6.45) is 0. The fourth-order valence-corrected chi connectivity index (χ4v) is 0. The Hall–Kier alpha value is 5.98. The zero-order chi connectivity index (χ0) is 0. The number of rotatable bonds is 0. The van der Waals surface area contributed by atoms with E-state index in [2.05, 4.69) is 0 Å². The van der Waals surface area contributed by atoms with Gasteiger partial charge in [-0.15, -0.1) is 0 Å². The van der Waals surface area contributed by atoms with Gasteiger partial charge in [-0.05, 0) is 0 Å². The topological polar surface area (TPSA) is 0 Å². The smallest absolute Gasteiger partial charge is 2.00 e. The predicted molar refractivity (Wildman–Crippen MR) is 59.8 cm³/mol. The summed E-state index contributed by atoms with van der Waals surface area (Å²) in [4.78, 5) is 0. The van der Waals surface area contributed by atoms with Gasteiger partial charge in [-0.2, -0.15) is 0 Å². The molecule has 0 aliphatic heterocycles. The van der Waals surface area contributed by atoms with Crippen LogP contribution in [0.1, 0.15) is 0 Å². The van der Waals surface area contributed by atoms with Crippen molar-refractivity contribution in [3.05, 3.63) is 0 Å². The van der Waals surface area contributed by atoms with Crippen molar-refractivity contribution in [1.29, 1.82) is 0 Å². The van der Waals surface area contributed by atoms with Crippen molar-refractivity contribution < 1.29 is 0 Å². The summed E-state index contributed by atoms with van der Waals surface area (Å²) in [6, 6.07) is 0. The molecule has 0 aliphatic rings. The zero-order valence-electron chi connectivity index (χ0n) is 4.61. The molecule has 0 N–H and O–H groups in total. The van der Waals surface area contributed by atoms with Crippen LogP contribution in [0.5, 0.6) is 0 Å². The van der Waals surface area contributed by atoms with E-state index in [1.165, 1.54) is 0 Å². The average Bonchev–Trinajstić information content (AvgIpc) is 0. The van der Waals surface area contributed by atoms with E-state index in [1.54, 1.807) is 0 Å². The van der Waals surface area contributed by atoms with Gasteiger partial charge in [0, 0.05) is 0 Å². The third-order valence-electron chi connectivity index (χ3n) is 0. The summed E-state index contributed by atoms with van der Waals surface area (Å²) in [6.45, 7) is 0. The Morgan fingerprint density at radius 2 is 0.333 bits per heavy atom. The first-order chi connectivity index (χ1) is 0. The Bertz CT molecular complexity index is 12.9. The number of hydrogen-bond donors (Lipinski definition) is 0. The second-order valence-electron chi connectivity index (χ2n) is 0. The van der Waals surface area contributed by atoms with Gasteiger partial charge in [0.2, 0.25) is 0 Å². The van der Waals surface area contributed by atoms with Crippen molar-refractivity contribution in [2.45, 2.75) is 0 Å². The minimum Gasteiger partial charge on any atom is -2.00 e. The third kappa shape index (κ3) is 56.1. The van der Waals surface area contributed by atoms with E-state index in [0.717, 1.165) is 0 Å². The SMILES string of the molecule is [Ga+3].[Ga+3].[S-2].[S-2].[S-2].[S-2].[S-2].[Sr+2].[Sr+2]. The molecular weight excluding hydrogens is 475 g/mol. The van der Waals surface area contributed by atoms with Crippen LogP contribution in [-0.2, 0) is 67.5 Å². The van der Waals surface area contributed by atoms with Crippen molar-refractivity contribution >= 4 is 198 Å².